The number of carbonyl (C=O) groups excluding carboxylic acids is 1. The van der Waals surface area contributed by atoms with Crippen LogP contribution < -0.4 is 0 Å². The van der Waals surface area contributed by atoms with Gasteiger partial charge in [-0.3, -0.25) is 4.90 Å². The first-order valence-corrected chi connectivity index (χ1v) is 7.91. The molecule has 3 heteroatoms. The smallest absolute Gasteiger partial charge is 0.411 e. The summed E-state index contributed by atoms with van der Waals surface area (Å²) in [6, 6.07) is 9.53. The quantitative estimate of drug-likeness (QED) is 0.605. The van der Waals surface area contributed by atoms with Gasteiger partial charge in [-0.2, -0.15) is 0 Å². The predicted octanol–water partition coefficient (Wildman–Crippen LogP) is 4.49. The molecule has 0 N–H and O–H groups in total. The standard InChI is InChI=1S/C20H27NO2/c1-7-15-21(19(22)23-20(4,5)6)18(16(2)3)14-13-17-11-9-8-10-12-17/h7-12,16,18H,1,15H2,2-6H3. The SMILES string of the molecule is C=CCN(C(=O)OC(C)(C)C)C(C#Cc1ccccc1)C(C)C. The summed E-state index contributed by atoms with van der Waals surface area (Å²) in [5.41, 5.74) is 0.395. The Labute approximate surface area is 140 Å². The highest BCUT2D eigenvalue weighted by Crippen LogP contribution is 2.16. The number of rotatable bonds is 4. The number of benzene rings is 1. The van der Waals surface area contributed by atoms with Gasteiger partial charge in [0, 0.05) is 12.1 Å². The van der Waals surface area contributed by atoms with Gasteiger partial charge in [-0.05, 0) is 38.8 Å². The van der Waals surface area contributed by atoms with Crippen LogP contribution in [-0.2, 0) is 4.74 Å². The van der Waals surface area contributed by atoms with Crippen LogP contribution >= 0.6 is 0 Å². The van der Waals surface area contributed by atoms with Crippen molar-refractivity contribution in [3.63, 3.8) is 0 Å². The van der Waals surface area contributed by atoms with Gasteiger partial charge in [0.1, 0.15) is 5.60 Å². The van der Waals surface area contributed by atoms with Crippen LogP contribution in [0.15, 0.2) is 43.0 Å². The number of nitrogens with zero attached hydrogens (tertiary/aromatic N) is 1. The summed E-state index contributed by atoms with van der Waals surface area (Å²) in [5, 5.41) is 0. The van der Waals surface area contributed by atoms with E-state index in [1.54, 1.807) is 11.0 Å². The van der Waals surface area contributed by atoms with E-state index in [9.17, 15) is 4.79 Å². The van der Waals surface area contributed by atoms with Crippen LogP contribution in [-0.4, -0.2) is 29.2 Å². The van der Waals surface area contributed by atoms with E-state index in [0.29, 0.717) is 6.54 Å². The lowest BCUT2D eigenvalue weighted by molar-refractivity contribution is 0.0198. The summed E-state index contributed by atoms with van der Waals surface area (Å²) in [6.07, 6.45) is 1.34. The van der Waals surface area contributed by atoms with E-state index >= 15 is 0 Å². The summed E-state index contributed by atoms with van der Waals surface area (Å²) in [7, 11) is 0. The van der Waals surface area contributed by atoms with Crippen molar-refractivity contribution in [1.82, 2.24) is 4.90 Å². The molecule has 0 aliphatic heterocycles. The van der Waals surface area contributed by atoms with E-state index in [-0.39, 0.29) is 18.1 Å². The second-order valence-electron chi connectivity index (χ2n) is 6.75. The van der Waals surface area contributed by atoms with E-state index in [2.05, 4.69) is 18.4 Å². The number of ether oxygens (including phenoxy) is 1. The van der Waals surface area contributed by atoms with Crippen molar-refractivity contribution in [3.05, 3.63) is 48.6 Å². The lowest BCUT2D eigenvalue weighted by atomic mass is 10.0. The van der Waals surface area contributed by atoms with Crippen LogP contribution in [0, 0.1) is 17.8 Å². The molecule has 23 heavy (non-hydrogen) atoms. The molecule has 0 aliphatic carbocycles. The maximum absolute atomic E-state index is 12.5. The van der Waals surface area contributed by atoms with Crippen LogP contribution in [0.25, 0.3) is 0 Å². The van der Waals surface area contributed by atoms with Crippen LogP contribution in [0.3, 0.4) is 0 Å². The Morgan fingerprint density at radius 3 is 2.39 bits per heavy atom. The molecule has 1 unspecified atom stereocenters. The number of hydrogen-bond donors (Lipinski definition) is 0. The first-order valence-electron chi connectivity index (χ1n) is 7.91. The molecule has 0 fully saturated rings. The fourth-order valence-electron chi connectivity index (χ4n) is 2.04. The van der Waals surface area contributed by atoms with Crippen molar-refractivity contribution in [2.24, 2.45) is 5.92 Å². The van der Waals surface area contributed by atoms with Gasteiger partial charge in [-0.15, -0.1) is 6.58 Å². The number of hydrogen-bond acceptors (Lipinski definition) is 2. The second-order valence-corrected chi connectivity index (χ2v) is 6.75. The zero-order valence-corrected chi connectivity index (χ0v) is 14.8. The molecule has 1 amide bonds. The minimum absolute atomic E-state index is 0.179. The van der Waals surface area contributed by atoms with Gasteiger partial charge < -0.3 is 4.74 Å². The molecule has 3 nitrogen and oxygen atoms in total. The maximum atomic E-state index is 12.5. The summed E-state index contributed by atoms with van der Waals surface area (Å²) in [4.78, 5) is 14.1. The molecule has 0 saturated carbocycles. The van der Waals surface area contributed by atoms with Crippen LogP contribution in [0.5, 0.6) is 0 Å². The van der Waals surface area contributed by atoms with Gasteiger partial charge >= 0.3 is 6.09 Å². The average molecular weight is 313 g/mol. The van der Waals surface area contributed by atoms with Gasteiger partial charge in [0.25, 0.3) is 0 Å². The zero-order valence-electron chi connectivity index (χ0n) is 14.8. The van der Waals surface area contributed by atoms with E-state index in [1.165, 1.54) is 0 Å². The average Bonchev–Trinajstić information content (AvgIpc) is 2.45. The molecular formula is C20H27NO2. The predicted molar refractivity (Wildman–Crippen MR) is 95.1 cm³/mol. The Morgan fingerprint density at radius 1 is 1.30 bits per heavy atom. The Hall–Kier alpha value is -2.21. The fourth-order valence-corrected chi connectivity index (χ4v) is 2.04. The molecule has 0 bridgehead atoms. The minimum Gasteiger partial charge on any atom is -0.444 e. The van der Waals surface area contributed by atoms with Crippen molar-refractivity contribution >= 4 is 6.09 Å². The highest BCUT2D eigenvalue weighted by Gasteiger charge is 2.28. The van der Waals surface area contributed by atoms with Crippen molar-refractivity contribution in [1.29, 1.82) is 0 Å². The van der Waals surface area contributed by atoms with Gasteiger partial charge in [0.15, 0.2) is 0 Å². The van der Waals surface area contributed by atoms with Crippen molar-refractivity contribution in [2.45, 2.75) is 46.3 Å². The summed E-state index contributed by atoms with van der Waals surface area (Å²) >= 11 is 0. The van der Waals surface area contributed by atoms with Gasteiger partial charge in [-0.1, -0.05) is 50.0 Å². The Kier molecular flexibility index (Phi) is 6.90. The number of carbonyl (C=O) groups is 1. The lowest BCUT2D eigenvalue weighted by Gasteiger charge is -2.32. The third kappa shape index (κ3) is 6.61. The van der Waals surface area contributed by atoms with E-state index in [4.69, 9.17) is 4.74 Å². The molecule has 0 spiro atoms. The third-order valence-corrected chi connectivity index (χ3v) is 3.06. The fraction of sp³-hybridized carbons (Fsp3) is 0.450. The van der Waals surface area contributed by atoms with Crippen molar-refractivity contribution in [3.8, 4) is 11.8 Å². The molecule has 0 saturated heterocycles. The molecule has 0 heterocycles. The topological polar surface area (TPSA) is 29.5 Å². The highest BCUT2D eigenvalue weighted by atomic mass is 16.6. The largest absolute Gasteiger partial charge is 0.444 e. The normalized spacial score (nSPS) is 12.1. The van der Waals surface area contributed by atoms with Crippen molar-refractivity contribution < 1.29 is 9.53 Å². The van der Waals surface area contributed by atoms with Crippen LogP contribution in [0.2, 0.25) is 0 Å². The zero-order chi connectivity index (χ0) is 17.5. The monoisotopic (exact) mass is 313 g/mol. The first-order chi connectivity index (χ1) is 10.7. The first kappa shape index (κ1) is 18.8. The Bertz CT molecular complexity index is 573. The van der Waals surface area contributed by atoms with E-state index < -0.39 is 5.60 Å². The van der Waals surface area contributed by atoms with Crippen molar-refractivity contribution in [2.75, 3.05) is 6.54 Å². The van der Waals surface area contributed by atoms with E-state index in [0.717, 1.165) is 5.56 Å². The Balaban J connectivity index is 3.05. The van der Waals surface area contributed by atoms with E-state index in [1.807, 2.05) is 65.0 Å². The molecule has 0 aliphatic rings. The van der Waals surface area contributed by atoms with Crippen LogP contribution in [0.4, 0.5) is 4.79 Å². The van der Waals surface area contributed by atoms with Gasteiger partial charge in [0.2, 0.25) is 0 Å². The Morgan fingerprint density at radius 2 is 1.91 bits per heavy atom. The molecule has 1 atom stereocenters. The molecule has 1 rings (SSSR count). The molecular weight excluding hydrogens is 286 g/mol. The summed E-state index contributed by atoms with van der Waals surface area (Å²) < 4.78 is 5.51. The second kappa shape index (κ2) is 8.43. The lowest BCUT2D eigenvalue weighted by Crippen LogP contribution is -2.45. The van der Waals surface area contributed by atoms with Crippen LogP contribution in [0.1, 0.15) is 40.2 Å². The van der Waals surface area contributed by atoms with Gasteiger partial charge in [0.05, 0.1) is 6.04 Å². The molecule has 1 aromatic carbocycles. The molecule has 0 aromatic heterocycles. The minimum atomic E-state index is -0.537. The molecule has 1 aromatic rings. The molecule has 124 valence electrons. The highest BCUT2D eigenvalue weighted by molar-refractivity contribution is 5.69. The summed E-state index contributed by atoms with van der Waals surface area (Å²) in [6.45, 7) is 13.8. The van der Waals surface area contributed by atoms with Gasteiger partial charge in [-0.25, -0.2) is 4.79 Å². The maximum Gasteiger partial charge on any atom is 0.411 e. The summed E-state index contributed by atoms with van der Waals surface area (Å²) in [5.74, 6) is 6.54. The molecule has 0 radical (unpaired) electrons. The number of amides is 1. The third-order valence-electron chi connectivity index (χ3n) is 3.06.